The molecule has 1 aliphatic carbocycles. The van der Waals surface area contributed by atoms with Crippen LogP contribution in [0.25, 0.3) is 10.9 Å². The van der Waals surface area contributed by atoms with E-state index in [-0.39, 0.29) is 10.6 Å². The predicted molar refractivity (Wildman–Crippen MR) is 59.3 cm³/mol. The zero-order valence-corrected chi connectivity index (χ0v) is 8.67. The van der Waals surface area contributed by atoms with Gasteiger partial charge in [0.1, 0.15) is 0 Å². The van der Waals surface area contributed by atoms with Crippen LogP contribution in [0.3, 0.4) is 0 Å². The van der Waals surface area contributed by atoms with E-state index in [0.717, 1.165) is 23.7 Å². The van der Waals surface area contributed by atoms with Crippen molar-refractivity contribution in [3.63, 3.8) is 0 Å². The quantitative estimate of drug-likeness (QED) is 0.574. The third-order valence-electron chi connectivity index (χ3n) is 3.17. The van der Waals surface area contributed by atoms with Crippen molar-refractivity contribution < 1.29 is 4.92 Å². The van der Waals surface area contributed by atoms with E-state index in [2.05, 4.69) is 5.10 Å². The molecule has 0 atom stereocenters. The number of benzene rings is 1. The van der Waals surface area contributed by atoms with Crippen LogP contribution in [0, 0.1) is 10.1 Å². The molecule has 82 valence electrons. The number of nitro groups is 1. The topological polar surface area (TPSA) is 61.0 Å². The number of non-ortho nitro benzene ring substituents is 1. The molecular weight excluding hydrogens is 206 g/mol. The van der Waals surface area contributed by atoms with Crippen molar-refractivity contribution in [2.75, 3.05) is 0 Å². The summed E-state index contributed by atoms with van der Waals surface area (Å²) in [5.74, 6) is 0. The average Bonchev–Trinajstić information content (AvgIpc) is 2.56. The first-order chi connectivity index (χ1) is 7.74. The van der Waals surface area contributed by atoms with Crippen LogP contribution in [0.2, 0.25) is 0 Å². The largest absolute Gasteiger partial charge is 0.270 e. The zero-order valence-electron chi connectivity index (χ0n) is 8.67. The summed E-state index contributed by atoms with van der Waals surface area (Å²) in [7, 11) is 0. The summed E-state index contributed by atoms with van der Waals surface area (Å²) in [5.41, 5.74) is 0.957. The molecule has 0 saturated heterocycles. The molecule has 0 aliphatic heterocycles. The van der Waals surface area contributed by atoms with Crippen LogP contribution < -0.4 is 0 Å². The zero-order chi connectivity index (χ0) is 11.1. The fourth-order valence-corrected chi connectivity index (χ4v) is 1.98. The van der Waals surface area contributed by atoms with E-state index in [1.165, 1.54) is 12.5 Å². The second kappa shape index (κ2) is 3.30. The number of rotatable bonds is 2. The van der Waals surface area contributed by atoms with Crippen molar-refractivity contribution in [1.82, 2.24) is 9.78 Å². The van der Waals surface area contributed by atoms with Gasteiger partial charge in [0.25, 0.3) is 5.69 Å². The smallest absolute Gasteiger partial charge is 0.268 e. The van der Waals surface area contributed by atoms with E-state index < -0.39 is 0 Å². The molecule has 3 rings (SSSR count). The van der Waals surface area contributed by atoms with Gasteiger partial charge in [-0.05, 0) is 25.3 Å². The lowest BCUT2D eigenvalue weighted by Crippen LogP contribution is -2.16. The van der Waals surface area contributed by atoms with Gasteiger partial charge >= 0.3 is 0 Å². The minimum absolute atomic E-state index is 0.126. The fraction of sp³-hybridized carbons (Fsp3) is 0.364. The summed E-state index contributed by atoms with van der Waals surface area (Å²) >= 11 is 0. The third-order valence-corrected chi connectivity index (χ3v) is 3.17. The van der Waals surface area contributed by atoms with Crippen LogP contribution in [-0.4, -0.2) is 14.7 Å². The SMILES string of the molecule is O=[N+]([O-])c1ccc2nn(C3CCC3)cc2c1. The van der Waals surface area contributed by atoms with Gasteiger partial charge in [-0.15, -0.1) is 0 Å². The Labute approximate surface area is 91.8 Å². The summed E-state index contributed by atoms with van der Waals surface area (Å²) in [4.78, 5) is 10.3. The van der Waals surface area contributed by atoms with E-state index in [4.69, 9.17) is 0 Å². The molecule has 0 N–H and O–H groups in total. The molecule has 0 bridgehead atoms. The monoisotopic (exact) mass is 217 g/mol. The van der Waals surface area contributed by atoms with Gasteiger partial charge in [0, 0.05) is 23.7 Å². The Bertz CT molecular complexity index is 557. The normalized spacial score (nSPS) is 16.2. The van der Waals surface area contributed by atoms with Crippen LogP contribution in [0.4, 0.5) is 5.69 Å². The number of nitro benzene ring substituents is 1. The number of aromatic nitrogens is 2. The minimum Gasteiger partial charge on any atom is -0.268 e. The number of fused-ring (bicyclic) bond motifs is 1. The van der Waals surface area contributed by atoms with Gasteiger partial charge in [-0.1, -0.05) is 0 Å². The molecular formula is C11H11N3O2. The lowest BCUT2D eigenvalue weighted by atomic mass is 9.93. The van der Waals surface area contributed by atoms with Crippen LogP contribution in [0.1, 0.15) is 25.3 Å². The van der Waals surface area contributed by atoms with Gasteiger partial charge in [-0.3, -0.25) is 14.8 Å². The summed E-state index contributed by atoms with van der Waals surface area (Å²) in [5, 5.41) is 15.9. The second-order valence-corrected chi connectivity index (χ2v) is 4.19. The maximum Gasteiger partial charge on any atom is 0.270 e. The molecule has 0 unspecified atom stereocenters. The van der Waals surface area contributed by atoms with E-state index in [9.17, 15) is 10.1 Å². The Hall–Kier alpha value is -1.91. The molecule has 2 aromatic rings. The van der Waals surface area contributed by atoms with Crippen molar-refractivity contribution >= 4 is 16.6 Å². The number of hydrogen-bond acceptors (Lipinski definition) is 3. The molecule has 0 radical (unpaired) electrons. The lowest BCUT2D eigenvalue weighted by molar-refractivity contribution is -0.384. The van der Waals surface area contributed by atoms with Crippen molar-refractivity contribution in [3.8, 4) is 0 Å². The van der Waals surface area contributed by atoms with E-state index in [1.807, 2.05) is 10.9 Å². The van der Waals surface area contributed by atoms with Crippen molar-refractivity contribution in [3.05, 3.63) is 34.5 Å². The van der Waals surface area contributed by atoms with Crippen LogP contribution in [-0.2, 0) is 0 Å². The molecule has 1 fully saturated rings. The van der Waals surface area contributed by atoms with Gasteiger partial charge in [-0.2, -0.15) is 5.10 Å². The first-order valence-corrected chi connectivity index (χ1v) is 5.37. The van der Waals surface area contributed by atoms with Crippen molar-refractivity contribution in [2.24, 2.45) is 0 Å². The van der Waals surface area contributed by atoms with Gasteiger partial charge in [0.2, 0.25) is 0 Å². The molecule has 0 spiro atoms. The van der Waals surface area contributed by atoms with E-state index in [1.54, 1.807) is 12.1 Å². The van der Waals surface area contributed by atoms with Crippen molar-refractivity contribution in [1.29, 1.82) is 0 Å². The molecule has 1 heterocycles. The van der Waals surface area contributed by atoms with Gasteiger partial charge in [0.05, 0.1) is 16.5 Å². The maximum atomic E-state index is 10.6. The molecule has 1 aromatic heterocycles. The molecule has 5 nitrogen and oxygen atoms in total. The van der Waals surface area contributed by atoms with E-state index in [0.29, 0.717) is 6.04 Å². The Morgan fingerprint density at radius 2 is 2.25 bits per heavy atom. The summed E-state index contributed by atoms with van der Waals surface area (Å²) in [6.07, 6.45) is 5.49. The standard InChI is InChI=1S/C11H11N3O2/c15-14(16)10-4-5-11-8(6-10)7-13(12-11)9-2-1-3-9/h4-7,9H,1-3H2. The third kappa shape index (κ3) is 1.36. The van der Waals surface area contributed by atoms with Gasteiger partial charge in [0.15, 0.2) is 0 Å². The van der Waals surface area contributed by atoms with Gasteiger partial charge < -0.3 is 0 Å². The Balaban J connectivity index is 2.06. The highest BCUT2D eigenvalue weighted by Crippen LogP contribution is 2.32. The van der Waals surface area contributed by atoms with Crippen molar-refractivity contribution in [2.45, 2.75) is 25.3 Å². The Morgan fingerprint density at radius 3 is 2.88 bits per heavy atom. The molecule has 1 aliphatic rings. The first-order valence-electron chi connectivity index (χ1n) is 5.37. The average molecular weight is 217 g/mol. The summed E-state index contributed by atoms with van der Waals surface area (Å²) in [6, 6.07) is 5.28. The van der Waals surface area contributed by atoms with E-state index >= 15 is 0 Å². The highest BCUT2D eigenvalue weighted by atomic mass is 16.6. The van der Waals surface area contributed by atoms with Crippen LogP contribution in [0.5, 0.6) is 0 Å². The second-order valence-electron chi connectivity index (χ2n) is 4.19. The van der Waals surface area contributed by atoms with Gasteiger partial charge in [-0.25, -0.2) is 0 Å². The Kier molecular flexibility index (Phi) is 1.92. The van der Waals surface area contributed by atoms with Crippen LogP contribution >= 0.6 is 0 Å². The summed E-state index contributed by atoms with van der Waals surface area (Å²) < 4.78 is 1.94. The lowest BCUT2D eigenvalue weighted by Gasteiger charge is -2.25. The predicted octanol–water partition coefficient (Wildman–Crippen LogP) is 2.67. The molecule has 5 heteroatoms. The summed E-state index contributed by atoms with van der Waals surface area (Å²) in [6.45, 7) is 0. The maximum absolute atomic E-state index is 10.6. The van der Waals surface area contributed by atoms with Crippen LogP contribution in [0.15, 0.2) is 24.4 Å². The molecule has 1 aromatic carbocycles. The number of nitrogens with zero attached hydrogens (tertiary/aromatic N) is 3. The minimum atomic E-state index is -0.375. The highest BCUT2D eigenvalue weighted by Gasteiger charge is 2.20. The fourth-order valence-electron chi connectivity index (χ4n) is 1.98. The highest BCUT2D eigenvalue weighted by molar-refractivity contribution is 5.80. The molecule has 16 heavy (non-hydrogen) atoms. The molecule has 0 amide bonds. The first kappa shape index (κ1) is 9.33. The Morgan fingerprint density at radius 1 is 1.44 bits per heavy atom. The molecule has 1 saturated carbocycles. The number of hydrogen-bond donors (Lipinski definition) is 0.